The molecule has 1 aromatic carbocycles. The molecule has 0 spiro atoms. The molecule has 100 valence electrons. The standard InChI is InChI=1S/C14H20ClNO2/c1-9(7-13(16)14(17)18-3)10(2)11-5-4-6-12(15)8-11/h4-6,8-10,13H,7,16H2,1-3H3. The Hall–Kier alpha value is -1.06. The van der Waals surface area contributed by atoms with Gasteiger partial charge in [0.2, 0.25) is 0 Å². The van der Waals surface area contributed by atoms with E-state index in [2.05, 4.69) is 18.6 Å². The van der Waals surface area contributed by atoms with Crippen molar-refractivity contribution in [3.63, 3.8) is 0 Å². The Kier molecular flexibility index (Phi) is 5.63. The normalized spacial score (nSPS) is 15.8. The third-order valence-electron chi connectivity index (χ3n) is 3.36. The number of esters is 1. The number of rotatable bonds is 5. The number of halogens is 1. The third-order valence-corrected chi connectivity index (χ3v) is 3.59. The Bertz CT molecular complexity index is 409. The molecule has 0 fully saturated rings. The maximum atomic E-state index is 11.3. The van der Waals surface area contributed by atoms with Gasteiger partial charge in [0.15, 0.2) is 0 Å². The van der Waals surface area contributed by atoms with Crippen LogP contribution in [0.4, 0.5) is 0 Å². The summed E-state index contributed by atoms with van der Waals surface area (Å²) in [5.41, 5.74) is 6.93. The highest BCUT2D eigenvalue weighted by Gasteiger charge is 2.22. The van der Waals surface area contributed by atoms with E-state index in [1.54, 1.807) is 0 Å². The molecule has 0 amide bonds. The van der Waals surface area contributed by atoms with Crippen molar-refractivity contribution in [2.75, 3.05) is 7.11 Å². The molecule has 2 N–H and O–H groups in total. The summed E-state index contributed by atoms with van der Waals surface area (Å²) < 4.78 is 4.63. The largest absolute Gasteiger partial charge is 0.468 e. The predicted octanol–water partition coefficient (Wildman–Crippen LogP) is 2.97. The number of carbonyl (C=O) groups excluding carboxylic acids is 1. The Morgan fingerprint density at radius 1 is 1.44 bits per heavy atom. The zero-order valence-electron chi connectivity index (χ0n) is 11.0. The topological polar surface area (TPSA) is 52.3 Å². The van der Waals surface area contributed by atoms with Crippen LogP contribution >= 0.6 is 11.6 Å². The molecule has 0 aliphatic heterocycles. The number of hydrogen-bond acceptors (Lipinski definition) is 3. The average Bonchev–Trinajstić information content (AvgIpc) is 2.36. The van der Waals surface area contributed by atoms with Crippen LogP contribution in [0.15, 0.2) is 24.3 Å². The van der Waals surface area contributed by atoms with E-state index in [0.717, 1.165) is 10.6 Å². The van der Waals surface area contributed by atoms with E-state index in [9.17, 15) is 4.79 Å². The molecular formula is C14H20ClNO2. The van der Waals surface area contributed by atoms with Gasteiger partial charge in [-0.25, -0.2) is 0 Å². The number of benzene rings is 1. The lowest BCUT2D eigenvalue weighted by molar-refractivity contribution is -0.142. The molecule has 18 heavy (non-hydrogen) atoms. The molecule has 1 aromatic rings. The van der Waals surface area contributed by atoms with E-state index in [4.69, 9.17) is 17.3 Å². The first kappa shape index (κ1) is 15.0. The zero-order valence-corrected chi connectivity index (χ0v) is 11.8. The molecule has 0 aromatic heterocycles. The first-order valence-corrected chi connectivity index (χ1v) is 6.42. The quantitative estimate of drug-likeness (QED) is 0.836. The van der Waals surface area contributed by atoms with Crippen LogP contribution < -0.4 is 5.73 Å². The molecule has 4 heteroatoms. The second-order valence-electron chi connectivity index (χ2n) is 4.69. The highest BCUT2D eigenvalue weighted by molar-refractivity contribution is 6.30. The molecule has 0 saturated carbocycles. The van der Waals surface area contributed by atoms with E-state index in [0.29, 0.717) is 12.3 Å². The number of methoxy groups -OCH3 is 1. The molecule has 3 atom stereocenters. The average molecular weight is 270 g/mol. The number of ether oxygens (including phenoxy) is 1. The van der Waals surface area contributed by atoms with Gasteiger partial charge in [-0.05, 0) is 36.0 Å². The summed E-state index contributed by atoms with van der Waals surface area (Å²) in [6, 6.07) is 7.21. The minimum absolute atomic E-state index is 0.276. The second kappa shape index (κ2) is 6.76. The van der Waals surface area contributed by atoms with Gasteiger partial charge >= 0.3 is 5.97 Å². The van der Waals surface area contributed by atoms with Crippen molar-refractivity contribution in [3.8, 4) is 0 Å². The minimum atomic E-state index is -0.563. The summed E-state index contributed by atoms with van der Waals surface area (Å²) >= 11 is 5.97. The zero-order chi connectivity index (χ0) is 13.7. The molecule has 0 aliphatic rings. The summed E-state index contributed by atoms with van der Waals surface area (Å²) in [6.07, 6.45) is 0.598. The SMILES string of the molecule is COC(=O)C(N)CC(C)C(C)c1cccc(Cl)c1. The molecule has 0 heterocycles. The number of hydrogen-bond donors (Lipinski definition) is 1. The Labute approximate surface area is 113 Å². The van der Waals surface area contributed by atoms with Crippen molar-refractivity contribution >= 4 is 17.6 Å². The fourth-order valence-electron chi connectivity index (χ4n) is 1.97. The third kappa shape index (κ3) is 4.00. The van der Waals surface area contributed by atoms with Crippen LogP contribution in [0.1, 0.15) is 31.7 Å². The van der Waals surface area contributed by atoms with Gasteiger partial charge in [0.1, 0.15) is 6.04 Å². The smallest absolute Gasteiger partial charge is 0.322 e. The van der Waals surface area contributed by atoms with E-state index in [-0.39, 0.29) is 11.9 Å². The summed E-state index contributed by atoms with van der Waals surface area (Å²) in [6.45, 7) is 4.19. The summed E-state index contributed by atoms with van der Waals surface area (Å²) in [4.78, 5) is 11.3. The van der Waals surface area contributed by atoms with E-state index >= 15 is 0 Å². The van der Waals surface area contributed by atoms with Gasteiger partial charge < -0.3 is 10.5 Å². The highest BCUT2D eigenvalue weighted by Crippen LogP contribution is 2.28. The molecule has 0 saturated heterocycles. The monoisotopic (exact) mass is 269 g/mol. The van der Waals surface area contributed by atoms with Crippen molar-refractivity contribution < 1.29 is 9.53 Å². The predicted molar refractivity (Wildman–Crippen MR) is 73.6 cm³/mol. The molecule has 0 radical (unpaired) electrons. The van der Waals surface area contributed by atoms with Gasteiger partial charge in [0.05, 0.1) is 7.11 Å². The van der Waals surface area contributed by atoms with Gasteiger partial charge in [0, 0.05) is 5.02 Å². The van der Waals surface area contributed by atoms with E-state index in [1.807, 2.05) is 24.3 Å². The molecule has 1 rings (SSSR count). The van der Waals surface area contributed by atoms with Gasteiger partial charge in [-0.3, -0.25) is 4.79 Å². The molecule has 3 nitrogen and oxygen atoms in total. The lowest BCUT2D eigenvalue weighted by Crippen LogP contribution is -2.34. The van der Waals surface area contributed by atoms with Crippen LogP contribution in [-0.2, 0) is 9.53 Å². The first-order chi connectivity index (χ1) is 8.45. The lowest BCUT2D eigenvalue weighted by Gasteiger charge is -2.22. The summed E-state index contributed by atoms with van der Waals surface area (Å²) in [7, 11) is 1.35. The first-order valence-electron chi connectivity index (χ1n) is 6.04. The van der Waals surface area contributed by atoms with Crippen LogP contribution in [-0.4, -0.2) is 19.1 Å². The van der Waals surface area contributed by atoms with Crippen molar-refractivity contribution in [3.05, 3.63) is 34.9 Å². The maximum absolute atomic E-state index is 11.3. The van der Waals surface area contributed by atoms with Crippen LogP contribution in [0.25, 0.3) is 0 Å². The molecule has 0 aliphatic carbocycles. The van der Waals surface area contributed by atoms with E-state index in [1.165, 1.54) is 7.11 Å². The van der Waals surface area contributed by atoms with E-state index < -0.39 is 6.04 Å². The summed E-state index contributed by atoms with van der Waals surface area (Å²) in [5.74, 6) is 0.206. The van der Waals surface area contributed by atoms with Crippen LogP contribution in [0.3, 0.4) is 0 Å². The summed E-state index contributed by atoms with van der Waals surface area (Å²) in [5, 5.41) is 0.726. The number of nitrogens with two attached hydrogens (primary N) is 1. The van der Waals surface area contributed by atoms with Crippen LogP contribution in [0, 0.1) is 5.92 Å². The van der Waals surface area contributed by atoms with Gasteiger partial charge in [-0.2, -0.15) is 0 Å². The molecular weight excluding hydrogens is 250 g/mol. The Morgan fingerprint density at radius 2 is 2.11 bits per heavy atom. The Balaban J connectivity index is 2.66. The molecule has 3 unspecified atom stereocenters. The highest BCUT2D eigenvalue weighted by atomic mass is 35.5. The van der Waals surface area contributed by atoms with Crippen LogP contribution in [0.2, 0.25) is 5.02 Å². The van der Waals surface area contributed by atoms with Gasteiger partial charge in [-0.15, -0.1) is 0 Å². The minimum Gasteiger partial charge on any atom is -0.468 e. The lowest BCUT2D eigenvalue weighted by atomic mass is 9.85. The van der Waals surface area contributed by atoms with Gasteiger partial charge in [0.25, 0.3) is 0 Å². The van der Waals surface area contributed by atoms with Crippen molar-refractivity contribution in [2.24, 2.45) is 11.7 Å². The van der Waals surface area contributed by atoms with Crippen molar-refractivity contribution in [1.82, 2.24) is 0 Å². The fourth-order valence-corrected chi connectivity index (χ4v) is 2.17. The number of carbonyl (C=O) groups is 1. The van der Waals surface area contributed by atoms with Gasteiger partial charge in [-0.1, -0.05) is 37.6 Å². The van der Waals surface area contributed by atoms with Crippen molar-refractivity contribution in [2.45, 2.75) is 32.2 Å². The second-order valence-corrected chi connectivity index (χ2v) is 5.12. The molecule has 0 bridgehead atoms. The van der Waals surface area contributed by atoms with Crippen LogP contribution in [0.5, 0.6) is 0 Å². The maximum Gasteiger partial charge on any atom is 0.322 e. The van der Waals surface area contributed by atoms with Crippen molar-refractivity contribution in [1.29, 1.82) is 0 Å². The fraction of sp³-hybridized carbons (Fsp3) is 0.500. The Morgan fingerprint density at radius 3 is 2.67 bits per heavy atom.